The van der Waals surface area contributed by atoms with Gasteiger partial charge in [-0.3, -0.25) is 4.98 Å². The van der Waals surface area contributed by atoms with Gasteiger partial charge >= 0.3 is 0 Å². The lowest BCUT2D eigenvalue weighted by molar-refractivity contribution is 0.626. The Bertz CT molecular complexity index is 1060. The van der Waals surface area contributed by atoms with E-state index < -0.39 is 0 Å². The first-order valence-electron chi connectivity index (χ1n) is 9.80. The molecule has 0 bridgehead atoms. The predicted molar refractivity (Wildman–Crippen MR) is 121 cm³/mol. The van der Waals surface area contributed by atoms with Crippen molar-refractivity contribution in [3.05, 3.63) is 101 Å². The van der Waals surface area contributed by atoms with Crippen molar-refractivity contribution in [3.63, 3.8) is 0 Å². The van der Waals surface area contributed by atoms with Crippen molar-refractivity contribution >= 4 is 11.3 Å². The molecular weight excluding hydrogens is 358 g/mol. The Morgan fingerprint density at radius 2 is 1.39 bits per heavy atom. The summed E-state index contributed by atoms with van der Waals surface area (Å²) in [4.78, 5) is 7.66. The lowest BCUT2D eigenvalue weighted by atomic mass is 9.85. The first-order chi connectivity index (χ1) is 13.6. The molecule has 0 atom stereocenters. The third kappa shape index (κ3) is 3.65. The third-order valence-corrected chi connectivity index (χ3v) is 6.73. The summed E-state index contributed by atoms with van der Waals surface area (Å²) >= 11 is 1.86. The van der Waals surface area contributed by atoms with E-state index in [0.29, 0.717) is 0 Å². The smallest absolute Gasteiger partial charge is 0.0521 e. The summed E-state index contributed by atoms with van der Waals surface area (Å²) in [5.74, 6) is 0. The van der Waals surface area contributed by atoms with Gasteiger partial charge in [-0.25, -0.2) is 0 Å². The van der Waals surface area contributed by atoms with Crippen molar-refractivity contribution in [2.24, 2.45) is 0 Å². The summed E-state index contributed by atoms with van der Waals surface area (Å²) in [7, 11) is 0. The van der Waals surface area contributed by atoms with E-state index in [1.165, 1.54) is 26.4 Å². The largest absolute Gasteiger partial charge is 0.257 e. The van der Waals surface area contributed by atoms with Crippen LogP contribution in [-0.4, -0.2) is 4.98 Å². The molecule has 4 aromatic rings. The molecule has 0 fully saturated rings. The van der Waals surface area contributed by atoms with Crippen LogP contribution in [0.1, 0.15) is 37.0 Å². The number of thiophene rings is 1. The fourth-order valence-electron chi connectivity index (χ4n) is 3.44. The van der Waals surface area contributed by atoms with E-state index in [0.717, 1.165) is 17.8 Å². The molecular formula is C26H25NS. The molecule has 0 radical (unpaired) electrons. The molecule has 2 heterocycles. The molecule has 0 aliphatic rings. The Kier molecular flexibility index (Phi) is 5.15. The Hall–Kier alpha value is -2.71. The van der Waals surface area contributed by atoms with Gasteiger partial charge < -0.3 is 0 Å². The maximum atomic E-state index is 5.01. The fourth-order valence-corrected chi connectivity index (χ4v) is 4.57. The van der Waals surface area contributed by atoms with E-state index in [9.17, 15) is 0 Å². The van der Waals surface area contributed by atoms with Crippen molar-refractivity contribution in [1.82, 2.24) is 4.98 Å². The molecule has 0 saturated carbocycles. The van der Waals surface area contributed by atoms with Crippen molar-refractivity contribution in [1.29, 1.82) is 0 Å². The predicted octanol–water partition coefficient (Wildman–Crippen LogP) is 7.37. The molecule has 28 heavy (non-hydrogen) atoms. The fraction of sp³-hybridized carbons (Fsp3) is 0.192. The van der Waals surface area contributed by atoms with Crippen LogP contribution in [0.15, 0.2) is 84.9 Å². The van der Waals surface area contributed by atoms with Crippen LogP contribution in [0.25, 0.3) is 21.6 Å². The highest BCUT2D eigenvalue weighted by Crippen LogP contribution is 2.39. The molecule has 0 aliphatic heterocycles. The standard InChI is InChI=1S/C26H25NS/c1-4-22-17-21(19-11-7-5-8-12-19)18-24(27-22)26(2,3)25-16-15-23(28-25)20-13-9-6-10-14-20/h5-18H,4H2,1-3H3. The maximum Gasteiger partial charge on any atom is 0.0521 e. The molecule has 0 aliphatic carbocycles. The van der Waals surface area contributed by atoms with E-state index in [-0.39, 0.29) is 5.41 Å². The van der Waals surface area contributed by atoms with Crippen LogP contribution < -0.4 is 0 Å². The Morgan fingerprint density at radius 3 is 2.04 bits per heavy atom. The summed E-state index contributed by atoms with van der Waals surface area (Å²) in [6.45, 7) is 6.74. The minimum absolute atomic E-state index is 0.146. The van der Waals surface area contributed by atoms with E-state index in [1.54, 1.807) is 0 Å². The third-order valence-electron chi connectivity index (χ3n) is 5.27. The SMILES string of the molecule is CCc1cc(-c2ccccc2)cc(C(C)(C)c2ccc(-c3ccccc3)s2)n1. The average molecular weight is 384 g/mol. The van der Waals surface area contributed by atoms with Crippen LogP contribution in [0.5, 0.6) is 0 Å². The summed E-state index contributed by atoms with van der Waals surface area (Å²) in [6.07, 6.45) is 0.934. The molecule has 2 heteroatoms. The first kappa shape index (κ1) is 18.6. The second-order valence-corrected chi connectivity index (χ2v) is 8.69. The zero-order chi connectivity index (χ0) is 19.6. The van der Waals surface area contributed by atoms with E-state index >= 15 is 0 Å². The number of aromatic nitrogens is 1. The topological polar surface area (TPSA) is 12.9 Å². The molecule has 0 unspecified atom stereocenters. The summed E-state index contributed by atoms with van der Waals surface area (Å²) in [6, 6.07) is 30.2. The lowest BCUT2D eigenvalue weighted by Gasteiger charge is -2.24. The minimum Gasteiger partial charge on any atom is -0.257 e. The Morgan fingerprint density at radius 1 is 0.750 bits per heavy atom. The molecule has 1 nitrogen and oxygen atoms in total. The number of nitrogens with zero attached hydrogens (tertiary/aromatic N) is 1. The summed E-state index contributed by atoms with van der Waals surface area (Å²) in [5, 5.41) is 0. The van der Waals surface area contributed by atoms with Crippen LogP contribution >= 0.6 is 11.3 Å². The van der Waals surface area contributed by atoms with Gasteiger partial charge in [-0.2, -0.15) is 0 Å². The highest BCUT2D eigenvalue weighted by Gasteiger charge is 2.27. The van der Waals surface area contributed by atoms with Crippen LogP contribution in [0.4, 0.5) is 0 Å². The van der Waals surface area contributed by atoms with E-state index in [1.807, 2.05) is 11.3 Å². The van der Waals surface area contributed by atoms with Gasteiger partial charge in [0.25, 0.3) is 0 Å². The first-order valence-corrected chi connectivity index (χ1v) is 10.6. The molecule has 0 N–H and O–H groups in total. The number of benzene rings is 2. The monoisotopic (exact) mass is 383 g/mol. The molecule has 2 aromatic carbocycles. The van der Waals surface area contributed by atoms with Gasteiger partial charge in [0.15, 0.2) is 0 Å². The molecule has 4 rings (SSSR count). The average Bonchev–Trinajstić information content (AvgIpc) is 3.26. The van der Waals surface area contributed by atoms with Gasteiger partial charge in [0.05, 0.1) is 5.69 Å². The highest BCUT2D eigenvalue weighted by atomic mass is 32.1. The van der Waals surface area contributed by atoms with Crippen molar-refractivity contribution < 1.29 is 0 Å². The van der Waals surface area contributed by atoms with Crippen molar-refractivity contribution in [2.45, 2.75) is 32.6 Å². The normalized spacial score (nSPS) is 11.5. The Labute approximate surface area is 171 Å². The summed E-state index contributed by atoms with van der Waals surface area (Å²) in [5.41, 5.74) is 5.89. The molecule has 0 amide bonds. The number of aryl methyl sites for hydroxylation is 1. The van der Waals surface area contributed by atoms with Gasteiger partial charge in [-0.05, 0) is 61.2 Å². The zero-order valence-corrected chi connectivity index (χ0v) is 17.5. The van der Waals surface area contributed by atoms with Gasteiger partial charge in [0.2, 0.25) is 0 Å². The number of hydrogen-bond acceptors (Lipinski definition) is 2. The van der Waals surface area contributed by atoms with Crippen molar-refractivity contribution in [3.8, 4) is 21.6 Å². The maximum absolute atomic E-state index is 5.01. The number of rotatable bonds is 5. The minimum atomic E-state index is -0.146. The Balaban J connectivity index is 1.76. The highest BCUT2D eigenvalue weighted by molar-refractivity contribution is 7.15. The second-order valence-electron chi connectivity index (χ2n) is 7.61. The molecule has 0 spiro atoms. The lowest BCUT2D eigenvalue weighted by Crippen LogP contribution is -2.20. The van der Waals surface area contributed by atoms with Crippen LogP contribution in [0.2, 0.25) is 0 Å². The van der Waals surface area contributed by atoms with Gasteiger partial charge in [0.1, 0.15) is 0 Å². The molecule has 0 saturated heterocycles. The van der Waals surface area contributed by atoms with Crippen molar-refractivity contribution in [2.75, 3.05) is 0 Å². The van der Waals surface area contributed by atoms with Crippen LogP contribution in [-0.2, 0) is 11.8 Å². The quantitative estimate of drug-likeness (QED) is 0.351. The van der Waals surface area contributed by atoms with Crippen LogP contribution in [0, 0.1) is 0 Å². The number of hydrogen-bond donors (Lipinski definition) is 0. The van der Waals surface area contributed by atoms with E-state index in [4.69, 9.17) is 4.98 Å². The van der Waals surface area contributed by atoms with E-state index in [2.05, 4.69) is 106 Å². The van der Waals surface area contributed by atoms with Crippen LogP contribution in [0.3, 0.4) is 0 Å². The zero-order valence-electron chi connectivity index (χ0n) is 16.6. The van der Waals surface area contributed by atoms with Gasteiger partial charge in [-0.1, -0.05) is 67.6 Å². The second kappa shape index (κ2) is 7.73. The summed E-state index contributed by atoms with van der Waals surface area (Å²) < 4.78 is 0. The van der Waals surface area contributed by atoms with Gasteiger partial charge in [-0.15, -0.1) is 11.3 Å². The molecule has 140 valence electrons. The molecule has 2 aromatic heterocycles. The number of pyridine rings is 1. The van der Waals surface area contributed by atoms with Gasteiger partial charge in [0, 0.05) is 20.9 Å².